The van der Waals surface area contributed by atoms with Crippen molar-refractivity contribution in [3.05, 3.63) is 90.5 Å². The highest BCUT2D eigenvalue weighted by molar-refractivity contribution is 7.79. The molecule has 3 aromatic rings. The van der Waals surface area contributed by atoms with Crippen LogP contribution in [0.5, 0.6) is 0 Å². The number of hydrogen-bond acceptors (Lipinski definition) is 3. The molecule has 2 atom stereocenters. The molecule has 1 saturated heterocycles. The molecule has 1 heterocycles. The van der Waals surface area contributed by atoms with E-state index >= 15 is 0 Å². The molecule has 0 aromatic heterocycles. The summed E-state index contributed by atoms with van der Waals surface area (Å²) >= 11 is 0. The zero-order chi connectivity index (χ0) is 19.3. The van der Waals surface area contributed by atoms with Gasteiger partial charge in [0.05, 0.1) is 6.61 Å². The number of methoxy groups -OCH3 is 1. The Bertz CT molecular complexity index is 848. The fourth-order valence-electron chi connectivity index (χ4n) is 3.66. The summed E-state index contributed by atoms with van der Waals surface area (Å²) in [6.45, 7) is 3.71. The van der Waals surface area contributed by atoms with Gasteiger partial charge in [0.15, 0.2) is 0 Å². The second-order valence-electron chi connectivity index (χ2n) is 7.07. The van der Waals surface area contributed by atoms with Crippen molar-refractivity contribution >= 4 is 23.8 Å². The third-order valence-electron chi connectivity index (χ3n) is 5.08. The van der Waals surface area contributed by atoms with E-state index in [1.807, 2.05) is 0 Å². The lowest BCUT2D eigenvalue weighted by Gasteiger charge is -2.25. The quantitative estimate of drug-likeness (QED) is 0.600. The van der Waals surface area contributed by atoms with Gasteiger partial charge < -0.3 is 9.47 Å². The molecule has 144 valence electrons. The number of rotatable bonds is 6. The Morgan fingerprint density at radius 3 is 2.11 bits per heavy atom. The Kier molecular flexibility index (Phi) is 6.19. The number of hydrogen-bond donors (Lipinski definition) is 0. The van der Waals surface area contributed by atoms with Crippen LogP contribution >= 0.6 is 7.92 Å². The van der Waals surface area contributed by atoms with E-state index in [0.29, 0.717) is 12.6 Å². The Labute approximate surface area is 168 Å². The van der Waals surface area contributed by atoms with Crippen molar-refractivity contribution in [2.45, 2.75) is 25.9 Å². The van der Waals surface area contributed by atoms with Gasteiger partial charge in [-0.15, -0.1) is 0 Å². The van der Waals surface area contributed by atoms with E-state index in [1.54, 1.807) is 7.11 Å². The average Bonchev–Trinajstić information content (AvgIpc) is 3.10. The molecular weight excluding hydrogens is 365 g/mol. The molecule has 0 N–H and O–H groups in total. The molecule has 4 heteroatoms. The summed E-state index contributed by atoms with van der Waals surface area (Å²) in [7, 11) is 1.12. The van der Waals surface area contributed by atoms with Gasteiger partial charge in [-0.05, 0) is 42.4 Å². The van der Waals surface area contributed by atoms with Crippen molar-refractivity contribution in [3.8, 4) is 0 Å². The minimum atomic E-state index is -0.587. The van der Waals surface area contributed by atoms with Crippen LogP contribution in [-0.2, 0) is 16.0 Å². The van der Waals surface area contributed by atoms with Crippen LogP contribution < -0.4 is 15.9 Å². The van der Waals surface area contributed by atoms with Crippen LogP contribution in [0.1, 0.15) is 12.5 Å². The molecule has 2 unspecified atom stereocenters. The van der Waals surface area contributed by atoms with E-state index in [-0.39, 0.29) is 6.41 Å². The summed E-state index contributed by atoms with van der Waals surface area (Å²) in [6, 6.07) is 31.0. The van der Waals surface area contributed by atoms with Crippen LogP contribution in [0.2, 0.25) is 0 Å². The van der Waals surface area contributed by atoms with Gasteiger partial charge in [0.1, 0.15) is 0 Å². The van der Waals surface area contributed by atoms with E-state index in [4.69, 9.17) is 9.47 Å². The predicted octanol–water partition coefficient (Wildman–Crippen LogP) is 3.60. The van der Waals surface area contributed by atoms with E-state index in [1.165, 1.54) is 21.5 Å². The van der Waals surface area contributed by atoms with Gasteiger partial charge in [-0.2, -0.15) is 0 Å². The van der Waals surface area contributed by atoms with Crippen molar-refractivity contribution in [3.63, 3.8) is 0 Å². The second-order valence-corrected chi connectivity index (χ2v) is 9.29. The molecule has 0 aliphatic carbocycles. The smallest absolute Gasteiger partial charge is 0.219 e. The van der Waals surface area contributed by atoms with Crippen molar-refractivity contribution in [2.75, 3.05) is 13.7 Å². The van der Waals surface area contributed by atoms with E-state index in [9.17, 15) is 0 Å². The van der Waals surface area contributed by atoms with Crippen LogP contribution in [0.3, 0.4) is 0 Å². The SMILES string of the molecule is COC1OCC(C)N1Cc1cccc(P(c2ccccc2)c2ccccc2)c1. The Morgan fingerprint density at radius 1 is 0.893 bits per heavy atom. The maximum Gasteiger partial charge on any atom is 0.219 e. The van der Waals surface area contributed by atoms with Gasteiger partial charge in [-0.3, -0.25) is 0 Å². The molecule has 0 radical (unpaired) electrons. The lowest BCUT2D eigenvalue weighted by atomic mass is 10.2. The molecule has 3 aromatic carbocycles. The summed E-state index contributed by atoms with van der Waals surface area (Å²) in [5.41, 5.74) is 1.29. The molecule has 1 aliphatic heterocycles. The third-order valence-corrected chi connectivity index (χ3v) is 7.50. The second kappa shape index (κ2) is 8.98. The maximum atomic E-state index is 5.72. The highest BCUT2D eigenvalue weighted by Gasteiger charge is 2.31. The first-order chi connectivity index (χ1) is 13.8. The molecule has 28 heavy (non-hydrogen) atoms. The van der Waals surface area contributed by atoms with Crippen LogP contribution in [0.15, 0.2) is 84.9 Å². The number of nitrogens with zero attached hydrogens (tertiary/aromatic N) is 1. The number of ether oxygens (including phenoxy) is 2. The van der Waals surface area contributed by atoms with Crippen molar-refractivity contribution < 1.29 is 9.47 Å². The van der Waals surface area contributed by atoms with Gasteiger partial charge in [0, 0.05) is 19.7 Å². The Hall–Kier alpha value is -2.03. The molecule has 0 amide bonds. The third kappa shape index (κ3) is 4.19. The van der Waals surface area contributed by atoms with Gasteiger partial charge in [0.25, 0.3) is 0 Å². The molecule has 0 saturated carbocycles. The monoisotopic (exact) mass is 391 g/mol. The summed E-state index contributed by atoms with van der Waals surface area (Å²) in [4.78, 5) is 2.27. The summed E-state index contributed by atoms with van der Waals surface area (Å²) in [5, 5.41) is 4.11. The molecule has 1 aliphatic rings. The van der Waals surface area contributed by atoms with Crippen LogP contribution in [0.25, 0.3) is 0 Å². The molecule has 0 bridgehead atoms. The standard InChI is InChI=1S/C24H26NO2P/c1-19-18-27-24(26-2)25(19)17-20-10-9-15-23(16-20)28(21-11-5-3-6-12-21)22-13-7-4-8-14-22/h3-16,19,24H,17-18H2,1-2H3. The highest BCUT2D eigenvalue weighted by atomic mass is 31.1. The van der Waals surface area contributed by atoms with Crippen molar-refractivity contribution in [1.29, 1.82) is 0 Å². The van der Waals surface area contributed by atoms with Gasteiger partial charge >= 0.3 is 0 Å². The summed E-state index contributed by atoms with van der Waals surface area (Å²) in [5.74, 6) is 0. The van der Waals surface area contributed by atoms with Crippen LogP contribution in [-0.4, -0.2) is 31.1 Å². The first-order valence-corrected chi connectivity index (χ1v) is 11.0. The lowest BCUT2D eigenvalue weighted by molar-refractivity contribution is -0.161. The molecule has 4 rings (SSSR count). The predicted molar refractivity (Wildman–Crippen MR) is 117 cm³/mol. The topological polar surface area (TPSA) is 21.7 Å². The van der Waals surface area contributed by atoms with Crippen LogP contribution in [0.4, 0.5) is 0 Å². The van der Waals surface area contributed by atoms with Crippen molar-refractivity contribution in [1.82, 2.24) is 4.90 Å². The van der Waals surface area contributed by atoms with Crippen LogP contribution in [0, 0.1) is 0 Å². The zero-order valence-corrected chi connectivity index (χ0v) is 17.3. The first-order valence-electron chi connectivity index (χ1n) is 9.65. The number of benzene rings is 3. The largest absolute Gasteiger partial charge is 0.343 e. The zero-order valence-electron chi connectivity index (χ0n) is 16.4. The molecule has 1 fully saturated rings. The maximum absolute atomic E-state index is 5.72. The molecular formula is C24H26NO2P. The van der Waals surface area contributed by atoms with Gasteiger partial charge in [-0.25, -0.2) is 4.90 Å². The first kappa shape index (κ1) is 19.3. The summed E-state index contributed by atoms with van der Waals surface area (Å²) < 4.78 is 11.2. The minimum absolute atomic E-state index is 0.261. The lowest BCUT2D eigenvalue weighted by Crippen LogP contribution is -2.36. The van der Waals surface area contributed by atoms with E-state index in [0.717, 1.165) is 6.54 Å². The van der Waals surface area contributed by atoms with E-state index < -0.39 is 7.92 Å². The van der Waals surface area contributed by atoms with Crippen molar-refractivity contribution in [2.24, 2.45) is 0 Å². The highest BCUT2D eigenvalue weighted by Crippen LogP contribution is 2.33. The minimum Gasteiger partial charge on any atom is -0.343 e. The molecule has 0 spiro atoms. The average molecular weight is 391 g/mol. The Balaban J connectivity index is 1.67. The summed E-state index contributed by atoms with van der Waals surface area (Å²) in [6.07, 6.45) is -0.261. The molecule has 3 nitrogen and oxygen atoms in total. The fraction of sp³-hybridized carbons (Fsp3) is 0.250. The van der Waals surface area contributed by atoms with Gasteiger partial charge in [-0.1, -0.05) is 78.9 Å². The van der Waals surface area contributed by atoms with Gasteiger partial charge in [0.2, 0.25) is 6.41 Å². The van der Waals surface area contributed by atoms with E-state index in [2.05, 4.69) is 96.8 Å². The fourth-order valence-corrected chi connectivity index (χ4v) is 6.03. The normalized spacial score (nSPS) is 20.0. The Morgan fingerprint density at radius 2 is 1.50 bits per heavy atom.